The molecule has 0 N–H and O–H groups in total. The Kier molecular flexibility index (Phi) is 3.23. The number of hydrogen-bond donors (Lipinski definition) is 0. The first-order valence-corrected chi connectivity index (χ1v) is 10.7. The molecule has 0 saturated carbocycles. The molecule has 0 fully saturated rings. The standard InChI is InChI=1S/C19H20Si/c1-20(2,3)13-12-16-14-15-8-4-5-9-17(15)19-11-7-6-10-18(16)19/h4-14H,1-3H3/b13-12+. The fourth-order valence-electron chi connectivity index (χ4n) is 2.56. The Morgan fingerprint density at radius 2 is 1.35 bits per heavy atom. The quantitative estimate of drug-likeness (QED) is 0.405. The molecule has 0 bridgehead atoms. The zero-order valence-electron chi connectivity index (χ0n) is 12.4. The van der Waals surface area contributed by atoms with E-state index in [9.17, 15) is 0 Å². The van der Waals surface area contributed by atoms with Crippen molar-refractivity contribution in [1.82, 2.24) is 0 Å². The molecular formula is C19H20Si. The second-order valence-electron chi connectivity index (χ2n) is 6.43. The van der Waals surface area contributed by atoms with Crippen LogP contribution in [-0.4, -0.2) is 8.07 Å². The third-order valence-electron chi connectivity index (χ3n) is 3.56. The van der Waals surface area contributed by atoms with Gasteiger partial charge in [-0.15, -0.1) is 0 Å². The van der Waals surface area contributed by atoms with E-state index in [0.29, 0.717) is 0 Å². The first-order chi connectivity index (χ1) is 9.54. The summed E-state index contributed by atoms with van der Waals surface area (Å²) in [7, 11) is -1.18. The molecule has 1 heteroatoms. The summed E-state index contributed by atoms with van der Waals surface area (Å²) in [5.74, 6) is 0. The Morgan fingerprint density at radius 1 is 0.750 bits per heavy atom. The van der Waals surface area contributed by atoms with E-state index < -0.39 is 8.07 Å². The predicted octanol–water partition coefficient (Wildman–Crippen LogP) is 5.88. The molecular weight excluding hydrogens is 256 g/mol. The van der Waals surface area contributed by atoms with Crippen molar-refractivity contribution in [3.8, 4) is 0 Å². The Balaban J connectivity index is 2.32. The monoisotopic (exact) mass is 276 g/mol. The van der Waals surface area contributed by atoms with Crippen LogP contribution in [-0.2, 0) is 0 Å². The lowest BCUT2D eigenvalue weighted by Crippen LogP contribution is -2.15. The third-order valence-corrected chi connectivity index (χ3v) is 4.73. The van der Waals surface area contributed by atoms with E-state index in [1.54, 1.807) is 0 Å². The van der Waals surface area contributed by atoms with E-state index in [1.807, 2.05) is 0 Å². The van der Waals surface area contributed by atoms with Crippen LogP contribution in [0.25, 0.3) is 27.6 Å². The van der Waals surface area contributed by atoms with Crippen molar-refractivity contribution in [2.24, 2.45) is 0 Å². The summed E-state index contributed by atoms with van der Waals surface area (Å²) >= 11 is 0. The number of rotatable bonds is 2. The van der Waals surface area contributed by atoms with Crippen LogP contribution in [0, 0.1) is 0 Å². The van der Waals surface area contributed by atoms with Crippen molar-refractivity contribution in [2.75, 3.05) is 0 Å². The number of benzene rings is 3. The van der Waals surface area contributed by atoms with Gasteiger partial charge in [-0.1, -0.05) is 79.9 Å². The average Bonchev–Trinajstić information content (AvgIpc) is 2.44. The minimum Gasteiger partial charge on any atom is -0.0944 e. The molecule has 0 atom stereocenters. The summed E-state index contributed by atoms with van der Waals surface area (Å²) in [5.41, 5.74) is 3.76. The smallest absolute Gasteiger partial charge is 0.0687 e. The van der Waals surface area contributed by atoms with E-state index in [1.165, 1.54) is 27.1 Å². The molecule has 20 heavy (non-hydrogen) atoms. The minimum absolute atomic E-state index is 1.18. The second kappa shape index (κ2) is 4.91. The molecule has 0 unspecified atom stereocenters. The maximum atomic E-state index is 2.42. The highest BCUT2D eigenvalue weighted by Crippen LogP contribution is 2.29. The second-order valence-corrected chi connectivity index (χ2v) is 11.5. The van der Waals surface area contributed by atoms with Gasteiger partial charge in [-0.2, -0.15) is 0 Å². The SMILES string of the molecule is C[Si](C)(C)/C=C/c1cc2ccccc2c2ccccc12. The van der Waals surface area contributed by atoms with Crippen LogP contribution in [0.5, 0.6) is 0 Å². The highest BCUT2D eigenvalue weighted by atomic mass is 28.3. The lowest BCUT2D eigenvalue weighted by molar-refractivity contribution is 1.73. The molecule has 0 aliphatic rings. The van der Waals surface area contributed by atoms with Gasteiger partial charge in [0, 0.05) is 0 Å². The van der Waals surface area contributed by atoms with E-state index in [4.69, 9.17) is 0 Å². The molecule has 0 nitrogen and oxygen atoms in total. The molecule has 3 aromatic carbocycles. The Morgan fingerprint density at radius 3 is 2.05 bits per heavy atom. The third kappa shape index (κ3) is 2.54. The van der Waals surface area contributed by atoms with Crippen molar-refractivity contribution in [3.05, 3.63) is 65.9 Å². The van der Waals surface area contributed by atoms with Gasteiger partial charge in [0.25, 0.3) is 0 Å². The fourth-order valence-corrected chi connectivity index (χ4v) is 3.24. The molecule has 0 saturated heterocycles. The van der Waals surface area contributed by atoms with Gasteiger partial charge in [0.2, 0.25) is 0 Å². The van der Waals surface area contributed by atoms with E-state index >= 15 is 0 Å². The minimum atomic E-state index is -1.18. The maximum absolute atomic E-state index is 2.42. The first kappa shape index (κ1) is 13.1. The average molecular weight is 276 g/mol. The Bertz CT molecular complexity index is 792. The Labute approximate surface area is 121 Å². The van der Waals surface area contributed by atoms with Gasteiger partial charge in [-0.05, 0) is 33.2 Å². The molecule has 0 aliphatic heterocycles. The van der Waals surface area contributed by atoms with E-state index in [0.717, 1.165) is 0 Å². The predicted molar refractivity (Wildman–Crippen MR) is 93.8 cm³/mol. The lowest BCUT2D eigenvalue weighted by atomic mass is 9.97. The first-order valence-electron chi connectivity index (χ1n) is 7.14. The van der Waals surface area contributed by atoms with Gasteiger partial charge in [0.05, 0.1) is 8.07 Å². The zero-order valence-corrected chi connectivity index (χ0v) is 13.4. The fraction of sp³-hybridized carbons (Fsp3) is 0.158. The normalized spacial score (nSPS) is 12.6. The topological polar surface area (TPSA) is 0 Å². The van der Waals surface area contributed by atoms with Crippen molar-refractivity contribution in [3.63, 3.8) is 0 Å². The van der Waals surface area contributed by atoms with Gasteiger partial charge in [0.1, 0.15) is 0 Å². The summed E-state index contributed by atoms with van der Waals surface area (Å²) in [4.78, 5) is 0. The molecule has 0 heterocycles. The van der Waals surface area contributed by atoms with Crippen LogP contribution in [0.1, 0.15) is 5.56 Å². The molecule has 0 aliphatic carbocycles. The molecule has 3 aromatic rings. The van der Waals surface area contributed by atoms with Crippen molar-refractivity contribution < 1.29 is 0 Å². The molecule has 0 aromatic heterocycles. The van der Waals surface area contributed by atoms with Crippen LogP contribution >= 0.6 is 0 Å². The van der Waals surface area contributed by atoms with Gasteiger partial charge >= 0.3 is 0 Å². The highest BCUT2D eigenvalue weighted by Gasteiger charge is 2.08. The van der Waals surface area contributed by atoms with Crippen molar-refractivity contribution in [2.45, 2.75) is 19.6 Å². The zero-order chi connectivity index (χ0) is 14.2. The van der Waals surface area contributed by atoms with Crippen molar-refractivity contribution in [1.29, 1.82) is 0 Å². The van der Waals surface area contributed by atoms with E-state index in [2.05, 4.69) is 86.0 Å². The van der Waals surface area contributed by atoms with Gasteiger partial charge < -0.3 is 0 Å². The molecule has 0 amide bonds. The van der Waals surface area contributed by atoms with Crippen LogP contribution in [0.4, 0.5) is 0 Å². The maximum Gasteiger partial charge on any atom is 0.0687 e. The molecule has 0 spiro atoms. The summed E-state index contributed by atoms with van der Waals surface area (Å²) in [6.07, 6.45) is 2.32. The molecule has 100 valence electrons. The number of fused-ring (bicyclic) bond motifs is 3. The lowest BCUT2D eigenvalue weighted by Gasteiger charge is -2.11. The van der Waals surface area contributed by atoms with Crippen molar-refractivity contribution >= 4 is 35.7 Å². The largest absolute Gasteiger partial charge is 0.0944 e. The van der Waals surface area contributed by atoms with Gasteiger partial charge in [0.15, 0.2) is 0 Å². The van der Waals surface area contributed by atoms with Crippen LogP contribution < -0.4 is 0 Å². The summed E-state index contributed by atoms with van der Waals surface area (Å²) in [5, 5.41) is 5.36. The van der Waals surface area contributed by atoms with Crippen LogP contribution in [0.3, 0.4) is 0 Å². The molecule has 0 radical (unpaired) electrons. The van der Waals surface area contributed by atoms with Gasteiger partial charge in [-0.25, -0.2) is 0 Å². The summed E-state index contributed by atoms with van der Waals surface area (Å²) < 4.78 is 0. The van der Waals surface area contributed by atoms with Gasteiger partial charge in [-0.3, -0.25) is 0 Å². The number of hydrogen-bond acceptors (Lipinski definition) is 0. The summed E-state index contributed by atoms with van der Waals surface area (Å²) in [6.45, 7) is 7.10. The summed E-state index contributed by atoms with van der Waals surface area (Å²) in [6, 6.07) is 19.7. The highest BCUT2D eigenvalue weighted by molar-refractivity contribution is 6.81. The van der Waals surface area contributed by atoms with Crippen LogP contribution in [0.2, 0.25) is 19.6 Å². The van der Waals surface area contributed by atoms with Crippen LogP contribution in [0.15, 0.2) is 60.3 Å². The Hall–Kier alpha value is -1.86. The molecule has 3 rings (SSSR count). The van der Waals surface area contributed by atoms with E-state index in [-0.39, 0.29) is 0 Å².